The lowest BCUT2D eigenvalue weighted by Gasteiger charge is -2.03. The molecular weight excluding hydrogens is 284 g/mol. The molecule has 0 amide bonds. The van der Waals surface area contributed by atoms with Gasteiger partial charge in [-0.1, -0.05) is 12.7 Å². The Kier molecular flexibility index (Phi) is 6.69. The van der Waals surface area contributed by atoms with Gasteiger partial charge in [0.1, 0.15) is 5.71 Å². The Morgan fingerprint density at radius 3 is 2.59 bits per heavy atom. The van der Waals surface area contributed by atoms with E-state index < -0.39 is 11.9 Å². The minimum absolute atomic E-state index is 0.173. The molecule has 0 aliphatic heterocycles. The lowest BCUT2D eigenvalue weighted by molar-refractivity contribution is -0.132. The van der Waals surface area contributed by atoms with Crippen LogP contribution in [0.1, 0.15) is 23.0 Å². The van der Waals surface area contributed by atoms with Crippen molar-refractivity contribution in [3.63, 3.8) is 0 Å². The zero-order valence-corrected chi connectivity index (χ0v) is 12.8. The maximum absolute atomic E-state index is 11.5. The molecule has 6 heteroatoms. The summed E-state index contributed by atoms with van der Waals surface area (Å²) < 4.78 is 9.47. The third-order valence-corrected chi connectivity index (χ3v) is 2.68. The molecule has 0 bridgehead atoms. The van der Waals surface area contributed by atoms with Gasteiger partial charge in [0.05, 0.1) is 25.0 Å². The third-order valence-electron chi connectivity index (χ3n) is 2.68. The molecule has 0 N–H and O–H groups in total. The zero-order valence-electron chi connectivity index (χ0n) is 12.8. The van der Waals surface area contributed by atoms with Gasteiger partial charge in [0, 0.05) is 13.2 Å². The molecule has 0 aromatic carbocycles. The van der Waals surface area contributed by atoms with Gasteiger partial charge in [-0.15, -0.1) is 0 Å². The van der Waals surface area contributed by atoms with Crippen LogP contribution in [0.5, 0.6) is 0 Å². The first-order chi connectivity index (χ1) is 10.5. The molecule has 22 heavy (non-hydrogen) atoms. The van der Waals surface area contributed by atoms with E-state index in [4.69, 9.17) is 4.74 Å². The van der Waals surface area contributed by atoms with Gasteiger partial charge in [-0.05, 0) is 30.7 Å². The second-order valence-electron chi connectivity index (χ2n) is 4.11. The molecule has 0 atom stereocenters. The van der Waals surface area contributed by atoms with Crippen LogP contribution in [0.2, 0.25) is 0 Å². The van der Waals surface area contributed by atoms with E-state index in [-0.39, 0.29) is 5.71 Å². The maximum atomic E-state index is 11.5. The number of hydrogen-bond acceptors (Lipinski definition) is 6. The molecule has 0 fully saturated rings. The van der Waals surface area contributed by atoms with Crippen LogP contribution in [0.15, 0.2) is 42.1 Å². The van der Waals surface area contributed by atoms with Gasteiger partial charge in [0.15, 0.2) is 0 Å². The van der Waals surface area contributed by atoms with Crippen molar-refractivity contribution in [2.45, 2.75) is 6.92 Å². The highest BCUT2D eigenvalue weighted by Gasteiger charge is 2.08. The molecule has 0 spiro atoms. The summed E-state index contributed by atoms with van der Waals surface area (Å²) in [5.41, 5.74) is 1.68. The van der Waals surface area contributed by atoms with Crippen LogP contribution in [-0.2, 0) is 14.3 Å². The molecule has 0 saturated carbocycles. The largest absolute Gasteiger partial charge is 0.464 e. The summed E-state index contributed by atoms with van der Waals surface area (Å²) in [5, 5.41) is 0. The summed E-state index contributed by atoms with van der Waals surface area (Å²) in [7, 11) is 2.78. The summed E-state index contributed by atoms with van der Waals surface area (Å²) >= 11 is 0. The Morgan fingerprint density at radius 2 is 2.09 bits per heavy atom. The normalized spacial score (nSPS) is 11.3. The molecule has 1 aromatic heterocycles. The smallest absolute Gasteiger partial charge is 0.356 e. The molecule has 0 aliphatic carbocycles. The number of pyridine rings is 1. The number of hydrogen-bond donors (Lipinski definition) is 0. The first kappa shape index (κ1) is 17.3. The average Bonchev–Trinajstić information content (AvgIpc) is 2.55. The topological polar surface area (TPSA) is 77.8 Å². The van der Waals surface area contributed by atoms with Crippen LogP contribution in [0, 0.1) is 0 Å². The van der Waals surface area contributed by atoms with E-state index in [1.807, 2.05) is 0 Å². The van der Waals surface area contributed by atoms with E-state index in [0.717, 1.165) is 0 Å². The van der Waals surface area contributed by atoms with Gasteiger partial charge in [-0.3, -0.25) is 9.98 Å². The summed E-state index contributed by atoms with van der Waals surface area (Å²) in [6.45, 7) is 5.90. The lowest BCUT2D eigenvalue weighted by Crippen LogP contribution is -2.13. The number of carbonyl (C=O) groups is 2. The van der Waals surface area contributed by atoms with Crippen molar-refractivity contribution >= 4 is 23.2 Å². The van der Waals surface area contributed by atoms with Gasteiger partial charge < -0.3 is 9.47 Å². The van der Waals surface area contributed by atoms with E-state index in [1.165, 1.54) is 26.4 Å². The fourth-order valence-corrected chi connectivity index (χ4v) is 1.52. The van der Waals surface area contributed by atoms with Crippen molar-refractivity contribution in [3.05, 3.63) is 48.3 Å². The van der Waals surface area contributed by atoms with Crippen molar-refractivity contribution in [1.82, 2.24) is 4.98 Å². The van der Waals surface area contributed by atoms with E-state index >= 15 is 0 Å². The van der Waals surface area contributed by atoms with E-state index in [2.05, 4.69) is 21.3 Å². The maximum Gasteiger partial charge on any atom is 0.356 e. The Labute approximate surface area is 129 Å². The highest BCUT2D eigenvalue weighted by atomic mass is 16.5. The lowest BCUT2D eigenvalue weighted by atomic mass is 10.1. The average molecular weight is 302 g/mol. The molecule has 0 radical (unpaired) electrons. The Hall–Kier alpha value is -2.76. The fraction of sp³-hybridized carbons (Fsp3) is 0.250. The first-order valence-electron chi connectivity index (χ1n) is 6.59. The number of esters is 2. The van der Waals surface area contributed by atoms with Crippen LogP contribution in [0.3, 0.4) is 0 Å². The van der Waals surface area contributed by atoms with Crippen molar-refractivity contribution in [2.24, 2.45) is 4.99 Å². The minimum Gasteiger partial charge on any atom is -0.464 e. The second-order valence-corrected chi connectivity index (χ2v) is 4.11. The predicted octanol–water partition coefficient (Wildman–Crippen LogP) is 2.07. The Balaban J connectivity index is 2.82. The molecule has 1 rings (SSSR count). The van der Waals surface area contributed by atoms with Crippen LogP contribution < -0.4 is 0 Å². The highest BCUT2D eigenvalue weighted by Crippen LogP contribution is 2.12. The molecular formula is C16H18N2O4. The SMILES string of the molecule is C=C(/C=C\C(=NC)C(=O)OC)c1ccc(C(=O)OCC)cn1. The monoisotopic (exact) mass is 302 g/mol. The number of allylic oxidation sites excluding steroid dienone is 2. The van der Waals surface area contributed by atoms with Gasteiger partial charge in [-0.2, -0.15) is 0 Å². The molecule has 1 heterocycles. The fourth-order valence-electron chi connectivity index (χ4n) is 1.52. The standard InChI is InChI=1S/C16H18N2O4/c1-5-22-15(19)12-7-9-13(18-10-12)11(2)6-8-14(17-3)16(20)21-4/h6-10H,2,5H2,1,3-4H3/b8-6-,17-14?. The Morgan fingerprint density at radius 1 is 1.36 bits per heavy atom. The molecule has 1 aromatic rings. The first-order valence-corrected chi connectivity index (χ1v) is 6.59. The van der Waals surface area contributed by atoms with Crippen LogP contribution in [0.4, 0.5) is 0 Å². The predicted molar refractivity (Wildman–Crippen MR) is 83.7 cm³/mol. The van der Waals surface area contributed by atoms with Gasteiger partial charge in [0.2, 0.25) is 0 Å². The molecule has 0 unspecified atom stereocenters. The van der Waals surface area contributed by atoms with E-state index in [1.54, 1.807) is 25.1 Å². The van der Waals surface area contributed by atoms with Crippen molar-refractivity contribution in [1.29, 1.82) is 0 Å². The summed E-state index contributed by atoms with van der Waals surface area (Å²) in [6.07, 6.45) is 4.52. The summed E-state index contributed by atoms with van der Waals surface area (Å²) in [6, 6.07) is 3.26. The molecule has 6 nitrogen and oxygen atoms in total. The van der Waals surface area contributed by atoms with Gasteiger partial charge >= 0.3 is 11.9 Å². The summed E-state index contributed by atoms with van der Waals surface area (Å²) in [4.78, 5) is 30.9. The number of aromatic nitrogens is 1. The molecule has 116 valence electrons. The quantitative estimate of drug-likeness (QED) is 0.456. The third kappa shape index (κ3) is 4.66. The van der Waals surface area contributed by atoms with Crippen LogP contribution >= 0.6 is 0 Å². The van der Waals surface area contributed by atoms with Gasteiger partial charge in [-0.25, -0.2) is 9.59 Å². The van der Waals surface area contributed by atoms with Crippen LogP contribution in [0.25, 0.3) is 5.57 Å². The summed E-state index contributed by atoms with van der Waals surface area (Å²) in [5.74, 6) is -0.953. The number of rotatable bonds is 6. The van der Waals surface area contributed by atoms with Crippen molar-refractivity contribution < 1.29 is 19.1 Å². The molecule has 0 aliphatic rings. The number of nitrogens with zero attached hydrogens (tertiary/aromatic N) is 2. The number of carbonyl (C=O) groups excluding carboxylic acids is 2. The number of methoxy groups -OCH3 is 1. The van der Waals surface area contributed by atoms with Gasteiger partial charge in [0.25, 0.3) is 0 Å². The zero-order chi connectivity index (χ0) is 16.5. The van der Waals surface area contributed by atoms with Crippen LogP contribution in [-0.4, -0.2) is 43.4 Å². The Bertz CT molecular complexity index is 616. The van der Waals surface area contributed by atoms with Crippen molar-refractivity contribution in [2.75, 3.05) is 20.8 Å². The number of ether oxygens (including phenoxy) is 2. The van der Waals surface area contributed by atoms with E-state index in [9.17, 15) is 9.59 Å². The molecule has 0 saturated heterocycles. The highest BCUT2D eigenvalue weighted by molar-refractivity contribution is 6.41. The number of aliphatic imine (C=N–C) groups is 1. The second kappa shape index (κ2) is 8.51. The van der Waals surface area contributed by atoms with E-state index in [0.29, 0.717) is 23.4 Å². The minimum atomic E-state index is -0.530. The van der Waals surface area contributed by atoms with Crippen molar-refractivity contribution in [3.8, 4) is 0 Å².